The lowest BCUT2D eigenvalue weighted by molar-refractivity contribution is -0.335. The summed E-state index contributed by atoms with van der Waals surface area (Å²) in [6.07, 6.45) is -3.84. The third kappa shape index (κ3) is 2.38. The Kier molecular flexibility index (Phi) is 3.53. The Morgan fingerprint density at radius 3 is 2.58 bits per heavy atom. The average Bonchev–Trinajstić information content (AvgIpc) is 2.46. The molecule has 0 amide bonds. The molecule has 1 aromatic rings. The summed E-state index contributed by atoms with van der Waals surface area (Å²) in [5.41, 5.74) is 6.54. The third-order valence-corrected chi connectivity index (χ3v) is 3.51. The van der Waals surface area contributed by atoms with Crippen molar-refractivity contribution in [3.8, 4) is 0 Å². The lowest BCUT2D eigenvalue weighted by Gasteiger charge is -2.45. The first-order valence-corrected chi connectivity index (χ1v) is 6.26. The predicted molar refractivity (Wildman–Crippen MR) is 64.9 cm³/mol. The summed E-state index contributed by atoms with van der Waals surface area (Å²) in [5, 5.41) is 19.6. The van der Waals surface area contributed by atoms with E-state index < -0.39 is 36.9 Å². The molecule has 0 saturated carbocycles. The highest BCUT2D eigenvalue weighted by atomic mass is 16.7. The molecule has 0 aliphatic carbocycles. The zero-order valence-electron chi connectivity index (χ0n) is 10.3. The number of aliphatic hydroxyl groups is 2. The van der Waals surface area contributed by atoms with Crippen LogP contribution in [0.3, 0.4) is 0 Å². The molecule has 0 spiro atoms. The minimum atomic E-state index is -1.20. The normalized spacial score (nSPS) is 42.7. The van der Waals surface area contributed by atoms with Crippen molar-refractivity contribution in [1.82, 2.24) is 0 Å². The second-order valence-corrected chi connectivity index (χ2v) is 4.81. The fourth-order valence-electron chi connectivity index (χ4n) is 2.41. The van der Waals surface area contributed by atoms with Crippen molar-refractivity contribution >= 4 is 0 Å². The minimum Gasteiger partial charge on any atom is -0.388 e. The summed E-state index contributed by atoms with van der Waals surface area (Å²) in [4.78, 5) is 0. The van der Waals surface area contributed by atoms with Crippen LogP contribution in [0.1, 0.15) is 11.9 Å². The van der Waals surface area contributed by atoms with Crippen molar-refractivity contribution in [3.05, 3.63) is 35.9 Å². The van der Waals surface area contributed by atoms with E-state index >= 15 is 0 Å². The summed E-state index contributed by atoms with van der Waals surface area (Å²) < 4.78 is 16.6. The van der Waals surface area contributed by atoms with Gasteiger partial charge in [-0.15, -0.1) is 0 Å². The lowest BCUT2D eigenvalue weighted by Crippen LogP contribution is -2.64. The molecule has 2 aliphatic heterocycles. The molecule has 3 rings (SSSR count). The standard InChI is InChI=1S/C13H17NO5/c14-9-10(15)11-8(18-12(9)16)6-17-13(19-11)7-4-2-1-3-5-7/h1-5,8-13,15-16H,6,14H2/t8-,9-,10-,11-,12-,13?/m1/s1. The van der Waals surface area contributed by atoms with E-state index in [0.717, 1.165) is 5.56 Å². The van der Waals surface area contributed by atoms with Crippen LogP contribution in [0.15, 0.2) is 30.3 Å². The zero-order chi connectivity index (χ0) is 13.4. The molecule has 2 saturated heterocycles. The van der Waals surface area contributed by atoms with Crippen LogP contribution in [0, 0.1) is 0 Å². The van der Waals surface area contributed by atoms with Crippen LogP contribution in [0.5, 0.6) is 0 Å². The van der Waals surface area contributed by atoms with E-state index in [1.54, 1.807) is 0 Å². The number of fused-ring (bicyclic) bond motifs is 1. The molecule has 2 fully saturated rings. The van der Waals surface area contributed by atoms with Crippen molar-refractivity contribution in [2.45, 2.75) is 36.9 Å². The number of rotatable bonds is 1. The molecule has 1 aromatic carbocycles. The Labute approximate surface area is 110 Å². The van der Waals surface area contributed by atoms with Gasteiger partial charge in [0.15, 0.2) is 12.6 Å². The molecule has 0 radical (unpaired) electrons. The van der Waals surface area contributed by atoms with Gasteiger partial charge in [0.1, 0.15) is 18.3 Å². The van der Waals surface area contributed by atoms with Crippen LogP contribution in [-0.2, 0) is 14.2 Å². The Bertz CT molecular complexity index is 426. The van der Waals surface area contributed by atoms with E-state index in [4.69, 9.17) is 19.9 Å². The van der Waals surface area contributed by atoms with Crippen molar-refractivity contribution in [2.24, 2.45) is 5.73 Å². The first-order chi connectivity index (χ1) is 9.16. The number of hydrogen-bond donors (Lipinski definition) is 3. The highest BCUT2D eigenvalue weighted by Crippen LogP contribution is 2.32. The summed E-state index contributed by atoms with van der Waals surface area (Å²) in [6, 6.07) is 8.57. The summed E-state index contributed by atoms with van der Waals surface area (Å²) in [7, 11) is 0. The van der Waals surface area contributed by atoms with Crippen LogP contribution in [0.4, 0.5) is 0 Å². The first kappa shape index (κ1) is 13.0. The van der Waals surface area contributed by atoms with Crippen LogP contribution in [0.25, 0.3) is 0 Å². The monoisotopic (exact) mass is 267 g/mol. The maximum atomic E-state index is 10.1. The molecule has 1 unspecified atom stereocenters. The maximum Gasteiger partial charge on any atom is 0.184 e. The van der Waals surface area contributed by atoms with Gasteiger partial charge in [0.05, 0.1) is 12.6 Å². The van der Waals surface area contributed by atoms with Gasteiger partial charge in [-0.25, -0.2) is 0 Å². The lowest BCUT2D eigenvalue weighted by atomic mass is 9.96. The molecule has 19 heavy (non-hydrogen) atoms. The number of ether oxygens (including phenoxy) is 3. The van der Waals surface area contributed by atoms with E-state index in [1.807, 2.05) is 30.3 Å². The molecule has 104 valence electrons. The molecular weight excluding hydrogens is 250 g/mol. The third-order valence-electron chi connectivity index (χ3n) is 3.51. The molecule has 0 bridgehead atoms. The average molecular weight is 267 g/mol. The highest BCUT2D eigenvalue weighted by Gasteiger charge is 2.47. The van der Waals surface area contributed by atoms with Gasteiger partial charge in [-0.1, -0.05) is 30.3 Å². The Hall–Kier alpha value is -1.02. The van der Waals surface area contributed by atoms with Crippen LogP contribution >= 0.6 is 0 Å². The topological polar surface area (TPSA) is 94.2 Å². The smallest absolute Gasteiger partial charge is 0.184 e. The van der Waals surface area contributed by atoms with E-state index in [9.17, 15) is 10.2 Å². The second-order valence-electron chi connectivity index (χ2n) is 4.81. The van der Waals surface area contributed by atoms with Gasteiger partial charge in [-0.2, -0.15) is 0 Å². The zero-order valence-corrected chi connectivity index (χ0v) is 10.3. The molecule has 2 heterocycles. The number of aliphatic hydroxyl groups excluding tert-OH is 2. The van der Waals surface area contributed by atoms with E-state index in [1.165, 1.54) is 0 Å². The van der Waals surface area contributed by atoms with Gasteiger partial charge in [0.2, 0.25) is 0 Å². The van der Waals surface area contributed by atoms with Crippen LogP contribution in [-0.4, -0.2) is 47.5 Å². The molecule has 4 N–H and O–H groups in total. The SMILES string of the molecule is N[C@@H]1[C@@H](O)[C@@H]2OC(c3ccccc3)OC[C@H]2O[C@H]1O. The molecule has 6 heteroatoms. The molecule has 0 aromatic heterocycles. The van der Waals surface area contributed by atoms with Gasteiger partial charge in [0.25, 0.3) is 0 Å². The maximum absolute atomic E-state index is 10.1. The fourth-order valence-corrected chi connectivity index (χ4v) is 2.41. The molecule has 6 nitrogen and oxygen atoms in total. The van der Waals surface area contributed by atoms with E-state index in [2.05, 4.69) is 0 Å². The van der Waals surface area contributed by atoms with Crippen molar-refractivity contribution < 1.29 is 24.4 Å². The van der Waals surface area contributed by atoms with Crippen LogP contribution < -0.4 is 5.73 Å². The minimum absolute atomic E-state index is 0.241. The number of hydrogen-bond acceptors (Lipinski definition) is 6. The summed E-state index contributed by atoms with van der Waals surface area (Å²) in [6.45, 7) is 0.241. The largest absolute Gasteiger partial charge is 0.388 e. The quantitative estimate of drug-likeness (QED) is 0.635. The first-order valence-electron chi connectivity index (χ1n) is 6.26. The van der Waals surface area contributed by atoms with Gasteiger partial charge in [-0.3, -0.25) is 0 Å². The van der Waals surface area contributed by atoms with Gasteiger partial charge in [-0.05, 0) is 0 Å². The summed E-state index contributed by atoms with van der Waals surface area (Å²) in [5.74, 6) is 0. The van der Waals surface area contributed by atoms with E-state index in [0.29, 0.717) is 0 Å². The highest BCUT2D eigenvalue weighted by molar-refractivity contribution is 5.16. The van der Waals surface area contributed by atoms with Crippen molar-refractivity contribution in [1.29, 1.82) is 0 Å². The molecule has 2 aliphatic rings. The number of nitrogens with two attached hydrogens (primary N) is 1. The van der Waals surface area contributed by atoms with Gasteiger partial charge in [0, 0.05) is 5.56 Å². The number of benzene rings is 1. The van der Waals surface area contributed by atoms with Crippen LogP contribution in [0.2, 0.25) is 0 Å². The van der Waals surface area contributed by atoms with E-state index in [-0.39, 0.29) is 6.61 Å². The Balaban J connectivity index is 1.75. The van der Waals surface area contributed by atoms with Gasteiger partial charge >= 0.3 is 0 Å². The predicted octanol–water partition coefficient (Wildman–Crippen LogP) is -0.494. The Morgan fingerprint density at radius 1 is 1.11 bits per heavy atom. The fraction of sp³-hybridized carbons (Fsp3) is 0.538. The summed E-state index contributed by atoms with van der Waals surface area (Å²) >= 11 is 0. The van der Waals surface area contributed by atoms with Crippen molar-refractivity contribution in [3.63, 3.8) is 0 Å². The Morgan fingerprint density at radius 2 is 1.84 bits per heavy atom. The van der Waals surface area contributed by atoms with Crippen molar-refractivity contribution in [2.75, 3.05) is 6.61 Å². The molecular formula is C13H17NO5. The second kappa shape index (κ2) is 5.16. The molecule has 6 atom stereocenters. The van der Waals surface area contributed by atoms with Gasteiger partial charge < -0.3 is 30.2 Å².